The predicted octanol–water partition coefficient (Wildman–Crippen LogP) is 4.28. The lowest BCUT2D eigenvalue weighted by Gasteiger charge is -2.06. The average Bonchev–Trinajstić information content (AvgIpc) is 2.99. The molecule has 0 atom stereocenters. The average molecular weight is 364 g/mol. The van der Waals surface area contributed by atoms with Crippen LogP contribution in [0.5, 0.6) is 0 Å². The van der Waals surface area contributed by atoms with Crippen LogP contribution in [-0.4, -0.2) is 30.4 Å². The highest BCUT2D eigenvalue weighted by Gasteiger charge is 2.09. The van der Waals surface area contributed by atoms with Gasteiger partial charge in [0.15, 0.2) is 0 Å². The molecule has 0 radical (unpaired) electrons. The third kappa shape index (κ3) is 3.22. The van der Waals surface area contributed by atoms with E-state index in [1.54, 1.807) is 0 Å². The first-order valence-corrected chi connectivity index (χ1v) is 10.6. The molecule has 0 saturated carbocycles. The quantitative estimate of drug-likeness (QED) is 0.588. The summed E-state index contributed by atoms with van der Waals surface area (Å²) < 4.78 is 22.8. The molecule has 2 heterocycles. The molecule has 5 heteroatoms. The molecule has 0 amide bonds. The molecule has 0 unspecified atom stereocenters. The molecular weight excluding hydrogens is 344 g/mol. The van der Waals surface area contributed by atoms with Crippen molar-refractivity contribution in [3.8, 4) is 11.1 Å². The molecular formula is C21H20N2O2S. The minimum atomic E-state index is -2.96. The Hall–Kier alpha value is -2.66. The minimum absolute atomic E-state index is 0.171. The molecule has 4 aromatic rings. The molecule has 4 nitrogen and oxygen atoms in total. The number of aromatic amines is 1. The lowest BCUT2D eigenvalue weighted by Crippen LogP contribution is -2.05. The number of aryl methyl sites for hydroxylation is 2. The molecule has 2 aromatic carbocycles. The van der Waals surface area contributed by atoms with Crippen molar-refractivity contribution in [3.63, 3.8) is 0 Å². The molecule has 2 aromatic heterocycles. The SMILES string of the molecule is Cc1nccc2c1[nH]c1ccc(-c3cccc(CCS(C)(=O)=O)c3)cc12. The zero-order valence-electron chi connectivity index (χ0n) is 14.8. The van der Waals surface area contributed by atoms with Gasteiger partial charge in [0.25, 0.3) is 0 Å². The van der Waals surface area contributed by atoms with Crippen LogP contribution >= 0.6 is 0 Å². The highest BCUT2D eigenvalue weighted by Crippen LogP contribution is 2.31. The normalized spacial score (nSPS) is 12.1. The van der Waals surface area contributed by atoms with Gasteiger partial charge in [0.1, 0.15) is 9.84 Å². The zero-order valence-corrected chi connectivity index (χ0v) is 15.6. The predicted molar refractivity (Wildman–Crippen MR) is 107 cm³/mol. The van der Waals surface area contributed by atoms with Gasteiger partial charge in [-0.15, -0.1) is 0 Å². The van der Waals surface area contributed by atoms with Crippen LogP contribution in [0.4, 0.5) is 0 Å². The summed E-state index contributed by atoms with van der Waals surface area (Å²) in [6, 6.07) is 16.5. The molecule has 0 aliphatic rings. The molecule has 0 aliphatic carbocycles. The van der Waals surface area contributed by atoms with E-state index in [0.717, 1.165) is 33.4 Å². The molecule has 0 fully saturated rings. The third-order valence-electron chi connectivity index (χ3n) is 4.73. The topological polar surface area (TPSA) is 62.8 Å². The van der Waals surface area contributed by atoms with Crippen LogP contribution in [0.1, 0.15) is 11.3 Å². The number of rotatable bonds is 4. The molecule has 4 rings (SSSR count). The van der Waals surface area contributed by atoms with E-state index < -0.39 is 9.84 Å². The fourth-order valence-electron chi connectivity index (χ4n) is 3.35. The highest BCUT2D eigenvalue weighted by molar-refractivity contribution is 7.90. The Balaban J connectivity index is 1.77. The van der Waals surface area contributed by atoms with Gasteiger partial charge in [-0.1, -0.05) is 30.3 Å². The number of nitrogens with zero attached hydrogens (tertiary/aromatic N) is 1. The second kappa shape index (κ2) is 6.25. The number of aromatic nitrogens is 2. The summed E-state index contributed by atoms with van der Waals surface area (Å²) in [4.78, 5) is 7.80. The van der Waals surface area contributed by atoms with Crippen LogP contribution in [0.2, 0.25) is 0 Å². The first kappa shape index (κ1) is 16.8. The Bertz CT molecular complexity index is 1220. The van der Waals surface area contributed by atoms with E-state index in [4.69, 9.17) is 0 Å². The Morgan fingerprint density at radius 3 is 2.62 bits per heavy atom. The Kier molecular flexibility index (Phi) is 4.04. The number of fused-ring (bicyclic) bond motifs is 3. The highest BCUT2D eigenvalue weighted by atomic mass is 32.2. The smallest absolute Gasteiger partial charge is 0.147 e. The maximum Gasteiger partial charge on any atom is 0.147 e. The van der Waals surface area contributed by atoms with Crippen molar-refractivity contribution in [1.82, 2.24) is 9.97 Å². The second-order valence-corrected chi connectivity index (χ2v) is 9.04. The van der Waals surface area contributed by atoms with E-state index in [-0.39, 0.29) is 5.75 Å². The van der Waals surface area contributed by atoms with Crippen LogP contribution in [-0.2, 0) is 16.3 Å². The molecule has 26 heavy (non-hydrogen) atoms. The maximum atomic E-state index is 11.4. The first-order valence-electron chi connectivity index (χ1n) is 8.55. The van der Waals surface area contributed by atoms with Gasteiger partial charge in [-0.05, 0) is 48.2 Å². The van der Waals surface area contributed by atoms with E-state index in [0.29, 0.717) is 6.42 Å². The van der Waals surface area contributed by atoms with E-state index in [1.807, 2.05) is 31.3 Å². The Labute approximate surface area is 152 Å². The van der Waals surface area contributed by atoms with Crippen molar-refractivity contribution in [1.29, 1.82) is 0 Å². The van der Waals surface area contributed by atoms with Crippen molar-refractivity contribution in [3.05, 3.63) is 66.0 Å². The summed E-state index contributed by atoms with van der Waals surface area (Å²) in [5, 5.41) is 2.34. The third-order valence-corrected chi connectivity index (χ3v) is 5.68. The number of hydrogen-bond acceptors (Lipinski definition) is 3. The summed E-state index contributed by atoms with van der Waals surface area (Å²) in [5.41, 5.74) is 6.40. The lowest BCUT2D eigenvalue weighted by atomic mass is 10.00. The van der Waals surface area contributed by atoms with Crippen molar-refractivity contribution < 1.29 is 8.42 Å². The summed E-state index contributed by atoms with van der Waals surface area (Å²) in [6.07, 6.45) is 3.65. The van der Waals surface area contributed by atoms with Gasteiger partial charge >= 0.3 is 0 Å². The fraction of sp³-hybridized carbons (Fsp3) is 0.190. The zero-order chi connectivity index (χ0) is 18.3. The summed E-state index contributed by atoms with van der Waals surface area (Å²) in [5.74, 6) is 0.171. The van der Waals surface area contributed by atoms with Gasteiger partial charge in [0, 0.05) is 28.7 Å². The molecule has 132 valence electrons. The number of hydrogen-bond donors (Lipinski definition) is 1. The maximum absolute atomic E-state index is 11.4. The van der Waals surface area contributed by atoms with Crippen molar-refractivity contribution in [2.75, 3.05) is 12.0 Å². The molecule has 0 spiro atoms. The standard InChI is InChI=1S/C21H20N2O2S/c1-14-21-18(8-10-22-14)19-13-17(6-7-20(19)23-21)16-5-3-4-15(12-16)9-11-26(2,24)25/h3-8,10,12-13,23H,9,11H2,1-2H3. The Morgan fingerprint density at radius 2 is 1.81 bits per heavy atom. The van der Waals surface area contributed by atoms with Crippen LogP contribution in [0, 0.1) is 6.92 Å². The molecule has 0 bridgehead atoms. The number of nitrogens with one attached hydrogen (secondary N) is 1. The monoisotopic (exact) mass is 364 g/mol. The van der Waals surface area contributed by atoms with Crippen molar-refractivity contribution >= 4 is 31.6 Å². The largest absolute Gasteiger partial charge is 0.353 e. The molecule has 0 saturated heterocycles. The van der Waals surface area contributed by atoms with Crippen LogP contribution in [0.25, 0.3) is 32.9 Å². The second-order valence-electron chi connectivity index (χ2n) is 6.78. The lowest BCUT2D eigenvalue weighted by molar-refractivity contribution is 0.601. The Morgan fingerprint density at radius 1 is 1.00 bits per heavy atom. The van der Waals surface area contributed by atoms with Gasteiger partial charge in [-0.3, -0.25) is 4.98 Å². The van der Waals surface area contributed by atoms with Gasteiger partial charge in [0.2, 0.25) is 0 Å². The molecule has 0 aliphatic heterocycles. The van der Waals surface area contributed by atoms with Crippen LogP contribution in [0.15, 0.2) is 54.7 Å². The number of H-pyrrole nitrogens is 1. The van der Waals surface area contributed by atoms with Crippen LogP contribution < -0.4 is 0 Å². The summed E-state index contributed by atoms with van der Waals surface area (Å²) >= 11 is 0. The van der Waals surface area contributed by atoms with E-state index in [9.17, 15) is 8.42 Å². The number of pyridine rings is 1. The van der Waals surface area contributed by atoms with Crippen molar-refractivity contribution in [2.45, 2.75) is 13.3 Å². The fourth-order valence-corrected chi connectivity index (χ4v) is 3.96. The minimum Gasteiger partial charge on any atom is -0.353 e. The summed E-state index contributed by atoms with van der Waals surface area (Å²) in [6.45, 7) is 2.00. The van der Waals surface area contributed by atoms with Crippen LogP contribution in [0.3, 0.4) is 0 Å². The van der Waals surface area contributed by atoms with Gasteiger partial charge < -0.3 is 4.98 Å². The van der Waals surface area contributed by atoms with Gasteiger partial charge in [-0.25, -0.2) is 8.42 Å². The van der Waals surface area contributed by atoms with Gasteiger partial charge in [0.05, 0.1) is 17.0 Å². The van der Waals surface area contributed by atoms with E-state index in [1.165, 1.54) is 17.0 Å². The van der Waals surface area contributed by atoms with E-state index in [2.05, 4.69) is 40.3 Å². The van der Waals surface area contributed by atoms with Crippen molar-refractivity contribution in [2.24, 2.45) is 0 Å². The number of sulfone groups is 1. The van der Waals surface area contributed by atoms with Gasteiger partial charge in [-0.2, -0.15) is 0 Å². The molecule has 1 N–H and O–H groups in total. The first-order chi connectivity index (χ1) is 12.4. The number of benzene rings is 2. The van der Waals surface area contributed by atoms with E-state index >= 15 is 0 Å². The summed E-state index contributed by atoms with van der Waals surface area (Å²) in [7, 11) is -2.96.